The number of hydrogen-bond donors (Lipinski definition) is 0. The third-order valence-corrected chi connectivity index (χ3v) is 15.9. The van der Waals surface area contributed by atoms with E-state index >= 15 is 13.2 Å². The van der Waals surface area contributed by atoms with E-state index in [9.17, 15) is 0 Å². The minimum atomic E-state index is -4.70. The largest absolute Gasteiger partial charge is 0.418 e. The molecule has 0 saturated heterocycles. The van der Waals surface area contributed by atoms with E-state index in [4.69, 9.17) is 4.98 Å². The second-order valence-electron chi connectivity index (χ2n) is 19.0. The molecule has 3 nitrogen and oxygen atoms in total. The van der Waals surface area contributed by atoms with Crippen LogP contribution in [0.15, 0.2) is 255 Å². The molecular weight excluding hydrogens is 960 g/mol. The maximum absolute atomic E-state index is 15.3. The lowest BCUT2D eigenvalue weighted by atomic mass is 9.79. The van der Waals surface area contributed by atoms with Gasteiger partial charge in [0.2, 0.25) is 0 Å². The van der Waals surface area contributed by atoms with Gasteiger partial charge in [0.25, 0.3) is 0 Å². The van der Waals surface area contributed by atoms with E-state index in [0.29, 0.717) is 5.56 Å². The van der Waals surface area contributed by atoms with Crippen molar-refractivity contribution >= 4 is 64.3 Å². The van der Waals surface area contributed by atoms with E-state index in [1.165, 1.54) is 12.4 Å². The highest BCUT2D eigenvalue weighted by Gasteiger charge is 2.37. The van der Waals surface area contributed by atoms with Crippen molar-refractivity contribution in [2.24, 2.45) is 0 Å². The fraction of sp³-hybridized carbons (Fsp3) is 0.0145. The summed E-state index contributed by atoms with van der Waals surface area (Å²) in [4.78, 5) is 9.40. The van der Waals surface area contributed by atoms with Gasteiger partial charge in [-0.15, -0.1) is 11.3 Å². The van der Waals surface area contributed by atoms with Gasteiger partial charge in [0.1, 0.15) is 5.52 Å². The predicted octanol–water partition coefficient (Wildman–Crippen LogP) is 19.8. The van der Waals surface area contributed by atoms with Crippen LogP contribution in [0.4, 0.5) is 13.2 Å². The Morgan fingerprint density at radius 1 is 0.329 bits per heavy atom. The number of benzene rings is 10. The van der Waals surface area contributed by atoms with Crippen LogP contribution in [0.25, 0.3) is 137 Å². The van der Waals surface area contributed by atoms with Crippen molar-refractivity contribution in [3.63, 3.8) is 0 Å². The molecule has 4 heterocycles. The molecular formula is C69H42F3N3S. The van der Waals surface area contributed by atoms with Gasteiger partial charge < -0.3 is 4.57 Å². The van der Waals surface area contributed by atoms with Gasteiger partial charge in [0.05, 0.1) is 27.8 Å². The molecule has 360 valence electrons. The number of fused-ring (bicyclic) bond motifs is 7. The molecule has 4 aromatic heterocycles. The van der Waals surface area contributed by atoms with Crippen molar-refractivity contribution in [1.29, 1.82) is 0 Å². The highest BCUT2D eigenvalue weighted by atomic mass is 32.1. The van der Waals surface area contributed by atoms with Crippen LogP contribution in [-0.2, 0) is 6.18 Å². The molecule has 0 fully saturated rings. The lowest BCUT2D eigenvalue weighted by Gasteiger charge is -2.26. The van der Waals surface area contributed by atoms with Gasteiger partial charge in [-0.25, -0.2) is 0 Å². The van der Waals surface area contributed by atoms with Crippen LogP contribution in [0.3, 0.4) is 0 Å². The van der Waals surface area contributed by atoms with Crippen LogP contribution in [0.2, 0.25) is 0 Å². The fourth-order valence-corrected chi connectivity index (χ4v) is 13.1. The van der Waals surface area contributed by atoms with Crippen molar-refractivity contribution in [1.82, 2.24) is 14.5 Å². The minimum Gasteiger partial charge on any atom is -0.308 e. The molecule has 10 aromatic carbocycles. The third-order valence-electron chi connectivity index (χ3n) is 14.7. The van der Waals surface area contributed by atoms with E-state index in [2.05, 4.69) is 216 Å². The van der Waals surface area contributed by atoms with Crippen molar-refractivity contribution in [3.05, 3.63) is 261 Å². The molecule has 0 bridgehead atoms. The summed E-state index contributed by atoms with van der Waals surface area (Å²) >= 11 is 1.78. The highest BCUT2D eigenvalue weighted by Crippen LogP contribution is 2.61. The van der Waals surface area contributed by atoms with Gasteiger partial charge in [-0.3, -0.25) is 9.97 Å². The van der Waals surface area contributed by atoms with E-state index in [1.807, 2.05) is 30.3 Å². The van der Waals surface area contributed by atoms with Crippen molar-refractivity contribution in [2.45, 2.75) is 6.18 Å². The summed E-state index contributed by atoms with van der Waals surface area (Å²) in [7, 11) is 0. The first-order valence-electron chi connectivity index (χ1n) is 25.2. The summed E-state index contributed by atoms with van der Waals surface area (Å²) in [5.41, 5.74) is 15.3. The molecule has 0 spiro atoms. The minimum absolute atomic E-state index is 0.152. The zero-order chi connectivity index (χ0) is 50.9. The SMILES string of the molecule is FC(F)(F)c1ccnc2c(-c3c(-c4ccccc4)c(-c4ccccc4)c4sc5c(-c6ccccc6)c(-c6ccccc6)c(-c6ccccc6)c(-c6ccccc6)c5c4c3-n3c4ccccc4c4ccccc43)ccnc12. The Morgan fingerprint density at radius 2 is 0.684 bits per heavy atom. The summed E-state index contributed by atoms with van der Waals surface area (Å²) in [6.45, 7) is 0. The van der Waals surface area contributed by atoms with Crippen LogP contribution >= 0.6 is 11.3 Å². The third kappa shape index (κ3) is 7.18. The summed E-state index contributed by atoms with van der Waals surface area (Å²) in [6, 6.07) is 83.4. The Labute approximate surface area is 440 Å². The Balaban J connectivity index is 1.37. The molecule has 0 unspecified atom stereocenters. The number of halogens is 3. The van der Waals surface area contributed by atoms with E-state index in [0.717, 1.165) is 126 Å². The molecule has 0 radical (unpaired) electrons. The normalized spacial score (nSPS) is 11.9. The fourth-order valence-electron chi connectivity index (χ4n) is 11.7. The first-order valence-corrected chi connectivity index (χ1v) is 26.0. The Hall–Kier alpha value is -9.43. The van der Waals surface area contributed by atoms with Gasteiger partial charge in [-0.1, -0.05) is 218 Å². The number of alkyl halides is 3. The van der Waals surface area contributed by atoms with Gasteiger partial charge in [0, 0.05) is 71.2 Å². The molecule has 0 aliphatic heterocycles. The Kier molecular flexibility index (Phi) is 10.8. The molecule has 0 N–H and O–H groups in total. The van der Waals surface area contributed by atoms with Crippen molar-refractivity contribution in [3.8, 4) is 83.6 Å². The maximum atomic E-state index is 15.3. The number of hydrogen-bond acceptors (Lipinski definition) is 3. The molecule has 0 aliphatic rings. The van der Waals surface area contributed by atoms with E-state index < -0.39 is 11.7 Å². The average molecular weight is 1000 g/mol. The van der Waals surface area contributed by atoms with Gasteiger partial charge in [-0.2, -0.15) is 13.2 Å². The summed E-state index contributed by atoms with van der Waals surface area (Å²) in [5, 5.41) is 4.09. The van der Waals surface area contributed by atoms with Crippen molar-refractivity contribution in [2.75, 3.05) is 0 Å². The monoisotopic (exact) mass is 1000 g/mol. The first-order chi connectivity index (χ1) is 37.4. The number of thiophene rings is 1. The lowest BCUT2D eigenvalue weighted by Crippen LogP contribution is -2.08. The molecule has 0 amide bonds. The van der Waals surface area contributed by atoms with Gasteiger partial charge in [-0.05, 0) is 74.3 Å². The van der Waals surface area contributed by atoms with Crippen LogP contribution in [0.1, 0.15) is 5.56 Å². The molecule has 0 atom stereocenters. The quantitative estimate of drug-likeness (QED) is 0.152. The molecule has 0 saturated carbocycles. The zero-order valence-electron chi connectivity index (χ0n) is 40.6. The number of nitrogens with zero attached hydrogens (tertiary/aromatic N) is 3. The number of pyridine rings is 2. The molecule has 0 aliphatic carbocycles. The number of para-hydroxylation sites is 2. The number of rotatable bonds is 8. The van der Waals surface area contributed by atoms with Crippen LogP contribution in [0.5, 0.6) is 0 Å². The van der Waals surface area contributed by atoms with Gasteiger partial charge >= 0.3 is 6.18 Å². The second-order valence-corrected chi connectivity index (χ2v) is 20.0. The average Bonchev–Trinajstić information content (AvgIpc) is 4.16. The lowest BCUT2D eigenvalue weighted by molar-refractivity contribution is -0.136. The Morgan fingerprint density at radius 3 is 1.14 bits per heavy atom. The molecule has 76 heavy (non-hydrogen) atoms. The highest BCUT2D eigenvalue weighted by molar-refractivity contribution is 7.27. The zero-order valence-corrected chi connectivity index (χ0v) is 41.4. The predicted molar refractivity (Wildman–Crippen MR) is 310 cm³/mol. The van der Waals surface area contributed by atoms with E-state index in [1.54, 1.807) is 11.3 Å². The number of aromatic nitrogens is 3. The van der Waals surface area contributed by atoms with Crippen LogP contribution in [0, 0.1) is 0 Å². The van der Waals surface area contributed by atoms with Gasteiger partial charge in [0.15, 0.2) is 0 Å². The second kappa shape index (κ2) is 18.2. The van der Waals surface area contributed by atoms with E-state index in [-0.39, 0.29) is 11.0 Å². The standard InChI is InChI=1S/C69H42F3N3S/c70-69(71,72)52-40-42-73-64-51(39-41-74-65(52)64)61-58(46-29-13-4-14-30-46)60(48-33-17-6-18-34-48)68-63(66(61)75-53-37-21-19-35-49(53)50-36-20-22-38-54(50)75)62-57(45-27-11-3-12-28-45)55(43-23-7-1-8-24-43)56(44-25-9-2-10-26-44)59(67(62)76-68)47-31-15-5-16-32-47/h1-42H. The van der Waals surface area contributed by atoms with Crippen LogP contribution in [-0.4, -0.2) is 14.5 Å². The Bertz CT molecular complexity index is 4460. The van der Waals surface area contributed by atoms with Crippen molar-refractivity contribution < 1.29 is 13.2 Å². The first kappa shape index (κ1) is 45.2. The smallest absolute Gasteiger partial charge is 0.308 e. The molecule has 14 aromatic rings. The molecule has 14 rings (SSSR count). The van der Waals surface area contributed by atoms with Crippen LogP contribution < -0.4 is 0 Å². The summed E-state index contributed by atoms with van der Waals surface area (Å²) in [6.07, 6.45) is -1.91. The topological polar surface area (TPSA) is 30.7 Å². The molecule has 7 heteroatoms. The maximum Gasteiger partial charge on any atom is 0.418 e. The summed E-state index contributed by atoms with van der Waals surface area (Å²) in [5.74, 6) is 0. The summed E-state index contributed by atoms with van der Waals surface area (Å²) < 4.78 is 50.4.